The van der Waals surface area contributed by atoms with E-state index >= 15 is 0 Å². The molecule has 1 unspecified atom stereocenters. The fourth-order valence-corrected chi connectivity index (χ4v) is 3.20. The van der Waals surface area contributed by atoms with Crippen LogP contribution in [0.1, 0.15) is 43.9 Å². The number of aromatic nitrogens is 2. The first-order valence-corrected chi connectivity index (χ1v) is 8.13. The highest BCUT2D eigenvalue weighted by molar-refractivity contribution is 5.81. The molecule has 1 fully saturated rings. The van der Waals surface area contributed by atoms with Crippen LogP contribution < -0.4 is 15.5 Å². The van der Waals surface area contributed by atoms with Crippen molar-refractivity contribution in [2.45, 2.75) is 58.2 Å². The number of anilines is 1. The van der Waals surface area contributed by atoms with Crippen LogP contribution in [0.2, 0.25) is 0 Å². The van der Waals surface area contributed by atoms with Crippen LogP contribution in [-0.2, 0) is 18.4 Å². The third-order valence-electron chi connectivity index (χ3n) is 4.42. The summed E-state index contributed by atoms with van der Waals surface area (Å²) in [6, 6.07) is 0.171. The predicted molar refractivity (Wildman–Crippen MR) is 89.0 cm³/mol. The minimum atomic E-state index is -0.199. The van der Waals surface area contributed by atoms with Gasteiger partial charge in [-0.1, -0.05) is 12.8 Å². The lowest BCUT2D eigenvalue weighted by molar-refractivity contribution is -0.123. The Morgan fingerprint density at radius 3 is 2.64 bits per heavy atom. The highest BCUT2D eigenvalue weighted by atomic mass is 16.2. The number of rotatable bonds is 6. The molecule has 22 heavy (non-hydrogen) atoms. The monoisotopic (exact) mass is 307 g/mol. The second kappa shape index (κ2) is 7.13. The van der Waals surface area contributed by atoms with E-state index in [0.717, 1.165) is 29.9 Å². The quantitative estimate of drug-likeness (QED) is 0.832. The van der Waals surface area contributed by atoms with E-state index in [-0.39, 0.29) is 11.9 Å². The lowest BCUT2D eigenvalue weighted by atomic mass is 10.2. The molecule has 0 radical (unpaired) electrons. The molecule has 1 saturated carbocycles. The largest absolute Gasteiger partial charge is 0.363 e. The molecule has 0 aliphatic heterocycles. The Balaban J connectivity index is 1.93. The van der Waals surface area contributed by atoms with Gasteiger partial charge in [0.1, 0.15) is 5.82 Å². The summed E-state index contributed by atoms with van der Waals surface area (Å²) in [7, 11) is 5.97. The van der Waals surface area contributed by atoms with Gasteiger partial charge in [-0.2, -0.15) is 5.10 Å². The normalized spacial score (nSPS) is 16.8. The fraction of sp³-hybridized carbons (Fsp3) is 0.750. The standard InChI is InChI=1S/C16H29N5O/c1-11-14(16(20(3)4)21(5)19-11)10-17-12(2)15(22)18-13-8-6-7-9-13/h12-13,17H,6-10H2,1-5H3,(H,18,22). The molecule has 0 aromatic carbocycles. The molecular weight excluding hydrogens is 278 g/mol. The number of hydrogen-bond donors (Lipinski definition) is 2. The van der Waals surface area contributed by atoms with E-state index in [1.165, 1.54) is 12.8 Å². The molecule has 6 nitrogen and oxygen atoms in total. The number of aryl methyl sites for hydroxylation is 2. The zero-order valence-electron chi connectivity index (χ0n) is 14.4. The van der Waals surface area contributed by atoms with Crippen LogP contribution in [0, 0.1) is 6.92 Å². The van der Waals surface area contributed by atoms with Gasteiger partial charge in [-0.3, -0.25) is 9.48 Å². The van der Waals surface area contributed by atoms with Gasteiger partial charge in [0.05, 0.1) is 11.7 Å². The topological polar surface area (TPSA) is 62.2 Å². The van der Waals surface area contributed by atoms with Crippen molar-refractivity contribution in [1.29, 1.82) is 0 Å². The molecule has 124 valence electrons. The average Bonchev–Trinajstić information content (AvgIpc) is 3.03. The van der Waals surface area contributed by atoms with E-state index in [9.17, 15) is 4.79 Å². The Morgan fingerprint density at radius 1 is 1.41 bits per heavy atom. The molecule has 0 saturated heterocycles. The maximum atomic E-state index is 12.2. The van der Waals surface area contributed by atoms with Crippen LogP contribution in [-0.4, -0.2) is 41.9 Å². The second-order valence-electron chi connectivity index (χ2n) is 6.50. The summed E-state index contributed by atoms with van der Waals surface area (Å²) >= 11 is 0. The smallest absolute Gasteiger partial charge is 0.237 e. The SMILES string of the molecule is Cc1nn(C)c(N(C)C)c1CNC(C)C(=O)NC1CCCC1. The van der Waals surface area contributed by atoms with Gasteiger partial charge in [0.2, 0.25) is 5.91 Å². The molecular formula is C16H29N5O. The number of carbonyl (C=O) groups excluding carboxylic acids is 1. The van der Waals surface area contributed by atoms with Crippen molar-refractivity contribution in [3.8, 4) is 0 Å². The maximum absolute atomic E-state index is 12.2. The van der Waals surface area contributed by atoms with Gasteiger partial charge in [0.15, 0.2) is 0 Å². The number of carbonyl (C=O) groups is 1. The summed E-state index contributed by atoms with van der Waals surface area (Å²) in [6.07, 6.45) is 4.69. The van der Waals surface area contributed by atoms with E-state index in [1.54, 1.807) is 0 Å². The number of nitrogens with zero attached hydrogens (tertiary/aromatic N) is 3. The molecule has 1 aliphatic rings. The van der Waals surface area contributed by atoms with Gasteiger partial charge in [0, 0.05) is 39.3 Å². The first kappa shape index (κ1) is 16.8. The lowest BCUT2D eigenvalue weighted by Gasteiger charge is -2.19. The van der Waals surface area contributed by atoms with Crippen molar-refractivity contribution >= 4 is 11.7 Å². The van der Waals surface area contributed by atoms with Crippen LogP contribution in [0.3, 0.4) is 0 Å². The minimum absolute atomic E-state index is 0.0971. The molecule has 1 atom stereocenters. The van der Waals surface area contributed by atoms with Crippen molar-refractivity contribution in [3.05, 3.63) is 11.3 Å². The Kier molecular flexibility index (Phi) is 5.45. The van der Waals surface area contributed by atoms with E-state index in [1.807, 2.05) is 39.7 Å². The summed E-state index contributed by atoms with van der Waals surface area (Å²) in [5.74, 6) is 1.17. The molecule has 2 N–H and O–H groups in total. The predicted octanol–water partition coefficient (Wildman–Crippen LogP) is 1.33. The van der Waals surface area contributed by atoms with Crippen LogP contribution in [0.5, 0.6) is 0 Å². The molecule has 6 heteroatoms. The van der Waals surface area contributed by atoms with Gasteiger partial charge in [-0.15, -0.1) is 0 Å². The van der Waals surface area contributed by atoms with Gasteiger partial charge >= 0.3 is 0 Å². The average molecular weight is 307 g/mol. The number of hydrogen-bond acceptors (Lipinski definition) is 4. The van der Waals surface area contributed by atoms with Gasteiger partial charge in [-0.25, -0.2) is 0 Å². The van der Waals surface area contributed by atoms with E-state index in [2.05, 4.69) is 20.6 Å². The Morgan fingerprint density at radius 2 is 2.05 bits per heavy atom. The summed E-state index contributed by atoms with van der Waals surface area (Å²) in [4.78, 5) is 14.3. The van der Waals surface area contributed by atoms with Crippen LogP contribution >= 0.6 is 0 Å². The third kappa shape index (κ3) is 3.80. The van der Waals surface area contributed by atoms with Crippen molar-refractivity contribution in [2.75, 3.05) is 19.0 Å². The molecule has 1 amide bonds. The van der Waals surface area contributed by atoms with Crippen molar-refractivity contribution in [3.63, 3.8) is 0 Å². The molecule has 1 aliphatic carbocycles. The molecule has 0 spiro atoms. The third-order valence-corrected chi connectivity index (χ3v) is 4.42. The van der Waals surface area contributed by atoms with Crippen LogP contribution in [0.15, 0.2) is 0 Å². The van der Waals surface area contributed by atoms with Gasteiger partial charge in [0.25, 0.3) is 0 Å². The van der Waals surface area contributed by atoms with Crippen molar-refractivity contribution in [1.82, 2.24) is 20.4 Å². The first-order valence-electron chi connectivity index (χ1n) is 8.13. The minimum Gasteiger partial charge on any atom is -0.363 e. The molecule has 0 bridgehead atoms. The zero-order chi connectivity index (χ0) is 16.3. The highest BCUT2D eigenvalue weighted by Crippen LogP contribution is 2.21. The molecule has 1 aromatic heterocycles. The highest BCUT2D eigenvalue weighted by Gasteiger charge is 2.21. The Bertz CT molecular complexity index is 517. The van der Waals surface area contributed by atoms with E-state index in [4.69, 9.17) is 0 Å². The Labute approximate surface area is 133 Å². The lowest BCUT2D eigenvalue weighted by Crippen LogP contribution is -2.45. The number of nitrogens with one attached hydrogen (secondary N) is 2. The van der Waals surface area contributed by atoms with Crippen LogP contribution in [0.4, 0.5) is 5.82 Å². The molecule has 2 rings (SSSR count). The van der Waals surface area contributed by atoms with E-state index in [0.29, 0.717) is 12.6 Å². The number of amides is 1. The first-order chi connectivity index (χ1) is 10.4. The van der Waals surface area contributed by atoms with Gasteiger partial charge in [-0.05, 0) is 26.7 Å². The zero-order valence-corrected chi connectivity index (χ0v) is 14.4. The molecule has 1 aromatic rings. The van der Waals surface area contributed by atoms with Crippen LogP contribution in [0.25, 0.3) is 0 Å². The summed E-state index contributed by atoms with van der Waals surface area (Å²) < 4.78 is 1.88. The van der Waals surface area contributed by atoms with Crippen molar-refractivity contribution < 1.29 is 4.79 Å². The molecule has 1 heterocycles. The summed E-state index contributed by atoms with van der Waals surface area (Å²) in [5.41, 5.74) is 2.15. The fourth-order valence-electron chi connectivity index (χ4n) is 3.20. The maximum Gasteiger partial charge on any atom is 0.237 e. The summed E-state index contributed by atoms with van der Waals surface area (Å²) in [5, 5.41) is 10.9. The van der Waals surface area contributed by atoms with E-state index < -0.39 is 0 Å². The van der Waals surface area contributed by atoms with Gasteiger partial charge < -0.3 is 15.5 Å². The Hall–Kier alpha value is -1.56. The van der Waals surface area contributed by atoms with Crippen molar-refractivity contribution in [2.24, 2.45) is 7.05 Å². The second-order valence-corrected chi connectivity index (χ2v) is 6.50. The summed E-state index contributed by atoms with van der Waals surface area (Å²) in [6.45, 7) is 4.57.